The van der Waals surface area contributed by atoms with Gasteiger partial charge in [-0.3, -0.25) is 14.9 Å². The Kier molecular flexibility index (Phi) is 6.49. The molecule has 28 heavy (non-hydrogen) atoms. The maximum atomic E-state index is 12.4. The van der Waals surface area contributed by atoms with E-state index >= 15 is 0 Å². The molecular weight excluding hydrogens is 429 g/mol. The number of nitro benzene ring substituents is 1. The van der Waals surface area contributed by atoms with Crippen LogP contribution >= 0.6 is 34.8 Å². The van der Waals surface area contributed by atoms with Gasteiger partial charge in [0.25, 0.3) is 11.6 Å². The van der Waals surface area contributed by atoms with E-state index in [0.717, 1.165) is 0 Å². The van der Waals surface area contributed by atoms with Gasteiger partial charge in [0.1, 0.15) is 11.4 Å². The summed E-state index contributed by atoms with van der Waals surface area (Å²) in [5.74, 6) is 0.287. The molecule has 0 aliphatic carbocycles. The molecule has 1 aliphatic heterocycles. The molecule has 0 atom stereocenters. The summed E-state index contributed by atoms with van der Waals surface area (Å²) in [6, 6.07) is 9.37. The van der Waals surface area contributed by atoms with Crippen LogP contribution in [0, 0.1) is 10.1 Å². The van der Waals surface area contributed by atoms with Crippen molar-refractivity contribution in [2.45, 2.75) is 0 Å². The van der Waals surface area contributed by atoms with Crippen LogP contribution in [0.1, 0.15) is 0 Å². The summed E-state index contributed by atoms with van der Waals surface area (Å²) < 4.78 is 5.48. The van der Waals surface area contributed by atoms with Crippen LogP contribution in [0.25, 0.3) is 0 Å². The van der Waals surface area contributed by atoms with Crippen molar-refractivity contribution in [3.8, 4) is 5.75 Å². The minimum absolute atomic E-state index is 0.0461. The Morgan fingerprint density at radius 3 is 2.39 bits per heavy atom. The first-order chi connectivity index (χ1) is 13.3. The number of hydrogen-bond acceptors (Lipinski definition) is 5. The first kappa shape index (κ1) is 20.5. The van der Waals surface area contributed by atoms with Gasteiger partial charge in [-0.1, -0.05) is 34.8 Å². The number of carbonyl (C=O) groups excluding carboxylic acids is 1. The third-order valence-electron chi connectivity index (χ3n) is 4.36. The van der Waals surface area contributed by atoms with Crippen LogP contribution in [-0.4, -0.2) is 48.5 Å². The Balaban J connectivity index is 1.57. The topological polar surface area (TPSA) is 75.9 Å². The maximum absolute atomic E-state index is 12.4. The number of nitrogens with zero attached hydrogens (tertiary/aromatic N) is 3. The van der Waals surface area contributed by atoms with Gasteiger partial charge in [0.2, 0.25) is 0 Å². The number of ether oxygens (including phenoxy) is 1. The van der Waals surface area contributed by atoms with Gasteiger partial charge in [-0.05, 0) is 24.3 Å². The highest BCUT2D eigenvalue weighted by molar-refractivity contribution is 6.42. The molecule has 1 aliphatic rings. The molecule has 1 amide bonds. The first-order valence-electron chi connectivity index (χ1n) is 8.39. The number of amides is 1. The van der Waals surface area contributed by atoms with Gasteiger partial charge < -0.3 is 14.5 Å². The summed E-state index contributed by atoms with van der Waals surface area (Å²) in [5.41, 5.74) is 0.448. The molecule has 0 bridgehead atoms. The molecule has 10 heteroatoms. The van der Waals surface area contributed by atoms with Crippen molar-refractivity contribution < 1.29 is 14.5 Å². The quantitative estimate of drug-likeness (QED) is 0.508. The molecule has 1 heterocycles. The van der Waals surface area contributed by atoms with Crippen LogP contribution in [0.3, 0.4) is 0 Å². The number of benzene rings is 2. The first-order valence-corrected chi connectivity index (χ1v) is 9.53. The Bertz CT molecular complexity index is 902. The summed E-state index contributed by atoms with van der Waals surface area (Å²) >= 11 is 17.6. The third-order valence-corrected chi connectivity index (χ3v) is 5.33. The number of anilines is 1. The summed E-state index contributed by atoms with van der Waals surface area (Å²) in [5, 5.41) is 12.3. The summed E-state index contributed by atoms with van der Waals surface area (Å²) in [4.78, 5) is 26.7. The number of carbonyl (C=O) groups is 1. The highest BCUT2D eigenvalue weighted by atomic mass is 35.5. The summed E-state index contributed by atoms with van der Waals surface area (Å²) in [6.07, 6.45) is 0. The number of rotatable bonds is 5. The van der Waals surface area contributed by atoms with E-state index in [1.165, 1.54) is 6.07 Å². The summed E-state index contributed by atoms with van der Waals surface area (Å²) in [7, 11) is 0. The molecule has 0 radical (unpaired) electrons. The van der Waals surface area contributed by atoms with Crippen LogP contribution in [0.2, 0.25) is 15.1 Å². The summed E-state index contributed by atoms with van der Waals surface area (Å²) in [6.45, 7) is 1.69. The van der Waals surface area contributed by atoms with Crippen LogP contribution in [-0.2, 0) is 4.79 Å². The fourth-order valence-corrected chi connectivity index (χ4v) is 3.36. The van der Waals surface area contributed by atoms with Gasteiger partial charge in [0.15, 0.2) is 6.61 Å². The predicted molar refractivity (Wildman–Crippen MR) is 109 cm³/mol. The zero-order chi connectivity index (χ0) is 20.3. The van der Waals surface area contributed by atoms with Gasteiger partial charge in [0.05, 0.1) is 15.0 Å². The SMILES string of the molecule is O=C(COc1ccc(Cl)c(Cl)c1)N1CCN(c2ccc(Cl)cc2[N+](=O)[O-])CC1. The molecule has 0 aromatic heterocycles. The van der Waals surface area contributed by atoms with Crippen molar-refractivity contribution in [1.82, 2.24) is 4.90 Å². The van der Waals surface area contributed by atoms with Crippen molar-refractivity contribution in [1.29, 1.82) is 0 Å². The molecule has 0 N–H and O–H groups in total. The molecule has 1 saturated heterocycles. The molecule has 7 nitrogen and oxygen atoms in total. The lowest BCUT2D eigenvalue weighted by Crippen LogP contribution is -2.50. The van der Waals surface area contributed by atoms with E-state index < -0.39 is 4.92 Å². The molecule has 148 valence electrons. The number of piperazine rings is 1. The largest absolute Gasteiger partial charge is 0.484 e. The fraction of sp³-hybridized carbons (Fsp3) is 0.278. The molecule has 2 aromatic rings. The Labute approximate surface area is 176 Å². The van der Waals surface area contributed by atoms with E-state index in [-0.39, 0.29) is 18.2 Å². The molecule has 1 fully saturated rings. The Hall–Kier alpha value is -2.22. The molecule has 0 saturated carbocycles. The molecule has 0 unspecified atom stereocenters. The van der Waals surface area contributed by atoms with E-state index in [0.29, 0.717) is 52.7 Å². The van der Waals surface area contributed by atoms with E-state index in [2.05, 4.69) is 0 Å². The van der Waals surface area contributed by atoms with Crippen LogP contribution in [0.15, 0.2) is 36.4 Å². The lowest BCUT2D eigenvalue weighted by Gasteiger charge is -2.35. The van der Waals surface area contributed by atoms with E-state index in [4.69, 9.17) is 39.5 Å². The maximum Gasteiger partial charge on any atom is 0.294 e. The van der Waals surface area contributed by atoms with Gasteiger partial charge >= 0.3 is 0 Å². The van der Waals surface area contributed by atoms with Crippen molar-refractivity contribution in [3.63, 3.8) is 0 Å². The number of hydrogen-bond donors (Lipinski definition) is 0. The van der Waals surface area contributed by atoms with E-state index in [1.807, 2.05) is 4.90 Å². The van der Waals surface area contributed by atoms with Crippen LogP contribution < -0.4 is 9.64 Å². The average molecular weight is 445 g/mol. The van der Waals surface area contributed by atoms with Gasteiger partial charge in [-0.15, -0.1) is 0 Å². The highest BCUT2D eigenvalue weighted by Crippen LogP contribution is 2.31. The zero-order valence-electron chi connectivity index (χ0n) is 14.6. The minimum atomic E-state index is -0.455. The third kappa shape index (κ3) is 4.79. The second kappa shape index (κ2) is 8.86. The standard InChI is InChI=1S/C18H16Cl3N3O4/c19-12-1-4-16(17(9-12)24(26)27)22-5-7-23(8-6-22)18(25)11-28-13-2-3-14(20)15(21)10-13/h1-4,9-10H,5-8,11H2. The second-order valence-electron chi connectivity index (χ2n) is 6.12. The number of nitro groups is 1. The lowest BCUT2D eigenvalue weighted by molar-refractivity contribution is -0.384. The van der Waals surface area contributed by atoms with E-state index in [1.54, 1.807) is 35.2 Å². The molecule has 2 aromatic carbocycles. The second-order valence-corrected chi connectivity index (χ2v) is 7.37. The average Bonchev–Trinajstić information content (AvgIpc) is 2.68. The minimum Gasteiger partial charge on any atom is -0.484 e. The molecular formula is C18H16Cl3N3O4. The van der Waals surface area contributed by atoms with Crippen molar-refractivity contribution in [2.24, 2.45) is 0 Å². The van der Waals surface area contributed by atoms with Gasteiger partial charge in [-0.25, -0.2) is 0 Å². The Morgan fingerprint density at radius 1 is 1.04 bits per heavy atom. The lowest BCUT2D eigenvalue weighted by atomic mass is 10.2. The van der Waals surface area contributed by atoms with E-state index in [9.17, 15) is 14.9 Å². The van der Waals surface area contributed by atoms with Gasteiger partial charge in [0, 0.05) is 43.3 Å². The Morgan fingerprint density at radius 2 is 1.75 bits per heavy atom. The van der Waals surface area contributed by atoms with Crippen molar-refractivity contribution in [3.05, 3.63) is 61.6 Å². The van der Waals surface area contributed by atoms with Crippen LogP contribution in [0.4, 0.5) is 11.4 Å². The normalized spacial score (nSPS) is 14.1. The molecule has 3 rings (SSSR count). The van der Waals surface area contributed by atoms with Crippen molar-refractivity contribution in [2.75, 3.05) is 37.7 Å². The van der Waals surface area contributed by atoms with Gasteiger partial charge in [-0.2, -0.15) is 0 Å². The van der Waals surface area contributed by atoms with Crippen molar-refractivity contribution >= 4 is 52.1 Å². The van der Waals surface area contributed by atoms with Crippen LogP contribution in [0.5, 0.6) is 5.75 Å². The zero-order valence-corrected chi connectivity index (χ0v) is 16.9. The smallest absolute Gasteiger partial charge is 0.294 e. The number of halogens is 3. The highest BCUT2D eigenvalue weighted by Gasteiger charge is 2.26. The monoisotopic (exact) mass is 443 g/mol. The predicted octanol–water partition coefficient (Wildman–Crippen LogP) is 4.28. The fourth-order valence-electron chi connectivity index (χ4n) is 2.91. The molecule has 0 spiro atoms.